The molecule has 0 aliphatic carbocycles. The Bertz CT molecular complexity index is 1290. The second-order valence-corrected chi connectivity index (χ2v) is 8.65. The summed E-state index contributed by atoms with van der Waals surface area (Å²) >= 11 is 5.85. The molecule has 0 spiro atoms. The zero-order chi connectivity index (χ0) is 24.9. The van der Waals surface area contributed by atoms with Crippen LogP contribution in [0.5, 0.6) is 11.6 Å². The predicted molar refractivity (Wildman–Crippen MR) is 136 cm³/mol. The second kappa shape index (κ2) is 11.0. The van der Waals surface area contributed by atoms with Gasteiger partial charge in [0.1, 0.15) is 19.0 Å². The lowest BCUT2D eigenvalue weighted by molar-refractivity contribution is 0.146. The molecule has 3 aromatic heterocycles. The number of halogens is 1. The number of hydrogen-bond acceptors (Lipinski definition) is 10. The minimum Gasteiger partial charge on any atom is -0.491 e. The molecule has 36 heavy (non-hydrogen) atoms. The maximum absolute atomic E-state index is 6.06. The summed E-state index contributed by atoms with van der Waals surface area (Å²) in [5, 5.41) is 4.59. The molecular formula is C24H28ClN7O4. The van der Waals surface area contributed by atoms with Gasteiger partial charge in [0.05, 0.1) is 6.61 Å². The van der Waals surface area contributed by atoms with Gasteiger partial charge >= 0.3 is 0 Å². The Morgan fingerprint density at radius 3 is 2.50 bits per heavy atom. The van der Waals surface area contributed by atoms with E-state index < -0.39 is 0 Å². The molecule has 4 aromatic rings. The maximum atomic E-state index is 6.06. The van der Waals surface area contributed by atoms with E-state index >= 15 is 0 Å². The summed E-state index contributed by atoms with van der Waals surface area (Å²) in [4.78, 5) is 13.5. The van der Waals surface area contributed by atoms with Crippen molar-refractivity contribution >= 4 is 28.9 Å². The zero-order valence-corrected chi connectivity index (χ0v) is 20.7. The number of piperazine rings is 1. The van der Waals surface area contributed by atoms with Crippen LogP contribution in [0, 0.1) is 0 Å². The minimum absolute atomic E-state index is 0.183. The normalized spacial score (nSPS) is 14.4. The Labute approximate surface area is 213 Å². The van der Waals surface area contributed by atoms with Gasteiger partial charge in [0.2, 0.25) is 17.7 Å². The Balaban J connectivity index is 1.10. The van der Waals surface area contributed by atoms with Gasteiger partial charge < -0.3 is 29.3 Å². The molecule has 5 rings (SSSR count). The molecule has 0 amide bonds. The maximum Gasteiger partial charge on any atom is 0.226 e. The number of nitrogens with two attached hydrogens (primary N) is 1. The van der Waals surface area contributed by atoms with Crippen LogP contribution in [-0.2, 0) is 4.74 Å². The van der Waals surface area contributed by atoms with Crippen molar-refractivity contribution in [1.82, 2.24) is 24.5 Å². The van der Waals surface area contributed by atoms with Gasteiger partial charge in [0.15, 0.2) is 16.6 Å². The summed E-state index contributed by atoms with van der Waals surface area (Å²) in [5.41, 5.74) is 7.78. The van der Waals surface area contributed by atoms with E-state index in [1.165, 1.54) is 10.2 Å². The van der Waals surface area contributed by atoms with E-state index in [4.69, 9.17) is 36.0 Å². The summed E-state index contributed by atoms with van der Waals surface area (Å²) in [5.74, 6) is 2.27. The third kappa shape index (κ3) is 5.64. The highest BCUT2D eigenvalue weighted by molar-refractivity contribution is 6.28. The molecule has 1 aliphatic heterocycles. The van der Waals surface area contributed by atoms with Gasteiger partial charge in [-0.25, -0.2) is 4.98 Å². The highest BCUT2D eigenvalue weighted by Crippen LogP contribution is 2.24. The first-order valence-electron chi connectivity index (χ1n) is 11.7. The van der Waals surface area contributed by atoms with Crippen molar-refractivity contribution < 1.29 is 18.6 Å². The van der Waals surface area contributed by atoms with Crippen LogP contribution in [0.15, 0.2) is 46.9 Å². The van der Waals surface area contributed by atoms with Crippen molar-refractivity contribution in [3.8, 4) is 23.2 Å². The standard InChI is InChI=1S/C24H28ClN7O4/c1-33-14-15-34-18-4-2-17(3-5-18)31-10-8-30(9-11-31)12-13-35-22-16-21-27-23(19-6-7-20(25)36-19)29-32(21)24(26)28-22/h2-7,16H,8-15H2,1H3,(H2,26,28). The van der Waals surface area contributed by atoms with Crippen LogP contribution in [0.3, 0.4) is 0 Å². The lowest BCUT2D eigenvalue weighted by atomic mass is 10.2. The lowest BCUT2D eigenvalue weighted by Crippen LogP contribution is -2.47. The summed E-state index contributed by atoms with van der Waals surface area (Å²) in [6, 6.07) is 13.2. The Morgan fingerprint density at radius 2 is 1.78 bits per heavy atom. The molecule has 1 aromatic carbocycles. The number of fused-ring (bicyclic) bond motifs is 1. The Morgan fingerprint density at radius 1 is 0.972 bits per heavy atom. The van der Waals surface area contributed by atoms with Crippen LogP contribution in [0.25, 0.3) is 17.2 Å². The Kier molecular flexibility index (Phi) is 7.40. The van der Waals surface area contributed by atoms with Crippen LogP contribution in [0.4, 0.5) is 11.6 Å². The molecule has 190 valence electrons. The van der Waals surface area contributed by atoms with Gasteiger partial charge in [-0.15, -0.1) is 5.10 Å². The number of methoxy groups -OCH3 is 1. The van der Waals surface area contributed by atoms with Gasteiger partial charge in [-0.3, -0.25) is 4.90 Å². The van der Waals surface area contributed by atoms with E-state index in [1.807, 2.05) is 12.1 Å². The molecule has 0 saturated carbocycles. The number of nitrogens with zero attached hydrogens (tertiary/aromatic N) is 6. The van der Waals surface area contributed by atoms with Gasteiger partial charge in [0, 0.05) is 51.6 Å². The lowest BCUT2D eigenvalue weighted by Gasteiger charge is -2.36. The fourth-order valence-corrected chi connectivity index (χ4v) is 4.15. The fraction of sp³-hybridized carbons (Fsp3) is 0.375. The number of benzene rings is 1. The van der Waals surface area contributed by atoms with Gasteiger partial charge in [-0.05, 0) is 48.0 Å². The largest absolute Gasteiger partial charge is 0.491 e. The smallest absolute Gasteiger partial charge is 0.226 e. The number of hydrogen-bond donors (Lipinski definition) is 1. The molecule has 1 fully saturated rings. The van der Waals surface area contributed by atoms with Gasteiger partial charge in [-0.1, -0.05) is 0 Å². The van der Waals surface area contributed by atoms with Crippen molar-refractivity contribution in [2.75, 3.05) is 70.3 Å². The summed E-state index contributed by atoms with van der Waals surface area (Å²) < 4.78 is 23.4. The van der Waals surface area contributed by atoms with Crippen molar-refractivity contribution in [3.63, 3.8) is 0 Å². The first-order valence-corrected chi connectivity index (χ1v) is 12.1. The minimum atomic E-state index is 0.183. The van der Waals surface area contributed by atoms with Gasteiger partial charge in [-0.2, -0.15) is 9.50 Å². The molecular weight excluding hydrogens is 486 g/mol. The average molecular weight is 514 g/mol. The van der Waals surface area contributed by atoms with E-state index in [2.05, 4.69) is 37.0 Å². The van der Waals surface area contributed by atoms with Crippen LogP contribution < -0.4 is 20.1 Å². The second-order valence-electron chi connectivity index (χ2n) is 8.27. The Hall–Kier alpha value is -3.54. The average Bonchev–Trinajstić information content (AvgIpc) is 3.52. The first-order chi connectivity index (χ1) is 17.6. The summed E-state index contributed by atoms with van der Waals surface area (Å²) in [6.07, 6.45) is 0. The third-order valence-corrected chi connectivity index (χ3v) is 6.11. The molecule has 0 radical (unpaired) electrons. The summed E-state index contributed by atoms with van der Waals surface area (Å²) in [7, 11) is 1.67. The van der Waals surface area contributed by atoms with Crippen molar-refractivity contribution in [3.05, 3.63) is 47.7 Å². The molecule has 2 N–H and O–H groups in total. The van der Waals surface area contributed by atoms with Crippen molar-refractivity contribution in [2.45, 2.75) is 0 Å². The van der Waals surface area contributed by atoms with Crippen LogP contribution in [0.2, 0.25) is 5.22 Å². The third-order valence-electron chi connectivity index (χ3n) is 5.91. The quantitative estimate of drug-likeness (QED) is 0.317. The van der Waals surface area contributed by atoms with E-state index in [0.29, 0.717) is 42.9 Å². The highest BCUT2D eigenvalue weighted by atomic mass is 35.5. The fourth-order valence-electron chi connectivity index (χ4n) is 4.01. The predicted octanol–water partition coefficient (Wildman–Crippen LogP) is 2.85. The number of ether oxygens (including phenoxy) is 3. The number of aromatic nitrogens is 4. The number of furan rings is 1. The van der Waals surface area contributed by atoms with Crippen LogP contribution >= 0.6 is 11.6 Å². The molecule has 11 nitrogen and oxygen atoms in total. The van der Waals surface area contributed by atoms with Gasteiger partial charge in [0.25, 0.3) is 0 Å². The molecule has 1 aliphatic rings. The SMILES string of the molecule is COCCOc1ccc(N2CCN(CCOc3cc4nc(-c5ccc(Cl)o5)nn4c(N)n3)CC2)cc1. The highest BCUT2D eigenvalue weighted by Gasteiger charge is 2.18. The van der Waals surface area contributed by atoms with E-state index in [-0.39, 0.29) is 11.2 Å². The van der Waals surface area contributed by atoms with E-state index in [0.717, 1.165) is 38.5 Å². The number of anilines is 2. The number of rotatable bonds is 10. The molecule has 1 saturated heterocycles. The van der Waals surface area contributed by atoms with Crippen molar-refractivity contribution in [1.29, 1.82) is 0 Å². The molecule has 0 bridgehead atoms. The summed E-state index contributed by atoms with van der Waals surface area (Å²) in [6.45, 7) is 6.19. The topological polar surface area (TPSA) is 116 Å². The van der Waals surface area contributed by atoms with Crippen molar-refractivity contribution in [2.24, 2.45) is 0 Å². The molecule has 0 atom stereocenters. The van der Waals surface area contributed by atoms with E-state index in [9.17, 15) is 0 Å². The molecule has 12 heteroatoms. The van der Waals surface area contributed by atoms with Crippen LogP contribution in [-0.4, -0.2) is 84.1 Å². The van der Waals surface area contributed by atoms with E-state index in [1.54, 1.807) is 25.3 Å². The molecule has 0 unspecified atom stereocenters. The zero-order valence-electron chi connectivity index (χ0n) is 20.0. The first kappa shape index (κ1) is 24.2. The van der Waals surface area contributed by atoms with Crippen LogP contribution in [0.1, 0.15) is 0 Å². The number of nitrogen functional groups attached to an aromatic ring is 1. The monoisotopic (exact) mass is 513 g/mol. The molecule has 4 heterocycles.